The molecule has 0 aliphatic heterocycles. The van der Waals surface area contributed by atoms with E-state index in [4.69, 9.17) is 0 Å². The van der Waals surface area contributed by atoms with Gasteiger partial charge in [-0.25, -0.2) is 9.18 Å². The molecule has 0 spiro atoms. The van der Waals surface area contributed by atoms with Gasteiger partial charge in [0.05, 0.1) is 0 Å². The van der Waals surface area contributed by atoms with E-state index in [1.54, 1.807) is 12.1 Å². The fraction of sp³-hybridized carbons (Fsp3) is 0.533. The molecule has 2 N–H and O–H groups in total. The lowest BCUT2D eigenvalue weighted by atomic mass is 9.63. The predicted molar refractivity (Wildman–Crippen MR) is 72.6 cm³/mol. The predicted octanol–water partition coefficient (Wildman–Crippen LogP) is 3.66. The van der Waals surface area contributed by atoms with E-state index in [9.17, 15) is 14.3 Å². The van der Waals surface area contributed by atoms with Crippen molar-refractivity contribution in [1.29, 1.82) is 0 Å². The van der Waals surface area contributed by atoms with E-state index < -0.39 is 11.5 Å². The normalized spacial score (nSPS) is 25.8. The van der Waals surface area contributed by atoms with Crippen LogP contribution in [0.3, 0.4) is 0 Å². The minimum Gasteiger partial charge on any atom is -0.479 e. The largest absolute Gasteiger partial charge is 0.479 e. The van der Waals surface area contributed by atoms with Crippen LogP contribution in [0.4, 0.5) is 10.1 Å². The summed E-state index contributed by atoms with van der Waals surface area (Å²) in [5.74, 6) is -1.15. The molecule has 0 radical (unpaired) electrons. The second-order valence-corrected chi connectivity index (χ2v) is 5.93. The summed E-state index contributed by atoms with van der Waals surface area (Å²) in [5, 5.41) is 12.8. The quantitative estimate of drug-likeness (QED) is 0.876. The SMILES string of the molecule is CC1(C)CCCCC1(Nc1ccc(F)cc1)C(=O)O. The second kappa shape index (κ2) is 4.83. The Kier molecular flexibility index (Phi) is 3.52. The smallest absolute Gasteiger partial charge is 0.329 e. The molecule has 0 amide bonds. The second-order valence-electron chi connectivity index (χ2n) is 5.93. The summed E-state index contributed by atoms with van der Waals surface area (Å²) in [6.07, 6.45) is 3.40. The first-order valence-corrected chi connectivity index (χ1v) is 6.65. The first-order valence-electron chi connectivity index (χ1n) is 6.65. The van der Waals surface area contributed by atoms with Gasteiger partial charge in [-0.15, -0.1) is 0 Å². The Morgan fingerprint density at radius 1 is 1.21 bits per heavy atom. The van der Waals surface area contributed by atoms with Crippen molar-refractivity contribution in [2.45, 2.75) is 45.1 Å². The molecule has 1 aliphatic carbocycles. The van der Waals surface area contributed by atoms with Crippen LogP contribution in [0.25, 0.3) is 0 Å². The van der Waals surface area contributed by atoms with E-state index in [0.29, 0.717) is 12.1 Å². The van der Waals surface area contributed by atoms with Crippen molar-refractivity contribution in [3.05, 3.63) is 30.1 Å². The van der Waals surface area contributed by atoms with Gasteiger partial charge < -0.3 is 10.4 Å². The fourth-order valence-corrected chi connectivity index (χ4v) is 2.97. The minimum atomic E-state index is -0.983. The summed E-state index contributed by atoms with van der Waals surface area (Å²) < 4.78 is 12.9. The van der Waals surface area contributed by atoms with Gasteiger partial charge in [0.25, 0.3) is 0 Å². The topological polar surface area (TPSA) is 49.3 Å². The molecule has 1 fully saturated rings. The van der Waals surface area contributed by atoms with Gasteiger partial charge in [-0.05, 0) is 42.5 Å². The summed E-state index contributed by atoms with van der Waals surface area (Å²) in [6, 6.07) is 5.86. The molecule has 1 aliphatic rings. The van der Waals surface area contributed by atoms with Gasteiger partial charge in [-0.1, -0.05) is 26.7 Å². The monoisotopic (exact) mass is 265 g/mol. The number of hydrogen-bond acceptors (Lipinski definition) is 2. The van der Waals surface area contributed by atoms with Gasteiger partial charge in [-0.2, -0.15) is 0 Å². The zero-order chi connectivity index (χ0) is 14.1. The van der Waals surface area contributed by atoms with Crippen molar-refractivity contribution < 1.29 is 14.3 Å². The zero-order valence-electron chi connectivity index (χ0n) is 11.4. The Hall–Kier alpha value is -1.58. The highest BCUT2D eigenvalue weighted by Gasteiger charge is 2.52. The van der Waals surface area contributed by atoms with Crippen molar-refractivity contribution in [2.75, 3.05) is 5.32 Å². The molecular weight excluding hydrogens is 245 g/mol. The number of carboxylic acid groups (broad SMARTS) is 1. The first-order chi connectivity index (χ1) is 8.87. The van der Waals surface area contributed by atoms with Gasteiger partial charge in [0.1, 0.15) is 11.4 Å². The molecule has 1 saturated carbocycles. The Balaban J connectivity index is 2.34. The Labute approximate surface area is 112 Å². The molecule has 0 saturated heterocycles. The highest BCUT2D eigenvalue weighted by molar-refractivity contribution is 5.84. The molecule has 2 rings (SSSR count). The molecule has 0 aromatic heterocycles. The van der Waals surface area contributed by atoms with Crippen molar-refractivity contribution in [3.63, 3.8) is 0 Å². The fourth-order valence-electron chi connectivity index (χ4n) is 2.97. The molecule has 1 unspecified atom stereocenters. The molecule has 1 aromatic carbocycles. The number of nitrogens with one attached hydrogen (secondary N) is 1. The van der Waals surface area contributed by atoms with E-state index in [1.807, 2.05) is 13.8 Å². The molecule has 0 bridgehead atoms. The number of rotatable bonds is 3. The van der Waals surface area contributed by atoms with Crippen LogP contribution in [0.1, 0.15) is 39.5 Å². The average molecular weight is 265 g/mol. The van der Waals surface area contributed by atoms with E-state index in [1.165, 1.54) is 12.1 Å². The highest BCUT2D eigenvalue weighted by atomic mass is 19.1. The van der Waals surface area contributed by atoms with E-state index in [-0.39, 0.29) is 11.2 Å². The third kappa shape index (κ3) is 2.44. The van der Waals surface area contributed by atoms with Crippen molar-refractivity contribution >= 4 is 11.7 Å². The highest BCUT2D eigenvalue weighted by Crippen LogP contribution is 2.46. The van der Waals surface area contributed by atoms with Crippen LogP contribution in [0, 0.1) is 11.2 Å². The van der Waals surface area contributed by atoms with Gasteiger partial charge in [-0.3, -0.25) is 0 Å². The molecule has 3 nitrogen and oxygen atoms in total. The number of hydrogen-bond donors (Lipinski definition) is 2. The third-order valence-corrected chi connectivity index (χ3v) is 4.33. The maximum absolute atomic E-state index is 12.9. The number of carbonyl (C=O) groups is 1. The van der Waals surface area contributed by atoms with Gasteiger partial charge in [0.15, 0.2) is 0 Å². The van der Waals surface area contributed by atoms with E-state index in [0.717, 1.165) is 19.3 Å². The molecule has 4 heteroatoms. The Bertz CT molecular complexity index is 470. The van der Waals surface area contributed by atoms with Crippen LogP contribution in [0.2, 0.25) is 0 Å². The van der Waals surface area contributed by atoms with Crippen LogP contribution < -0.4 is 5.32 Å². The lowest BCUT2D eigenvalue weighted by Crippen LogP contribution is -2.58. The standard InChI is InChI=1S/C15H20FNO2/c1-14(2)9-3-4-10-15(14,13(18)19)17-12-7-5-11(16)6-8-12/h5-8,17H,3-4,9-10H2,1-2H3,(H,18,19). The molecular formula is C15H20FNO2. The average Bonchev–Trinajstić information content (AvgIpc) is 2.34. The lowest BCUT2D eigenvalue weighted by Gasteiger charge is -2.48. The van der Waals surface area contributed by atoms with E-state index in [2.05, 4.69) is 5.32 Å². The van der Waals surface area contributed by atoms with Crippen LogP contribution in [0.15, 0.2) is 24.3 Å². The van der Waals surface area contributed by atoms with Crippen LogP contribution in [0.5, 0.6) is 0 Å². The lowest BCUT2D eigenvalue weighted by molar-refractivity contribution is -0.148. The summed E-state index contributed by atoms with van der Waals surface area (Å²) in [5.41, 5.74) is -0.673. The summed E-state index contributed by atoms with van der Waals surface area (Å²) in [6.45, 7) is 3.97. The molecule has 1 aromatic rings. The molecule has 1 atom stereocenters. The Morgan fingerprint density at radius 3 is 2.32 bits per heavy atom. The van der Waals surface area contributed by atoms with Crippen molar-refractivity contribution in [1.82, 2.24) is 0 Å². The van der Waals surface area contributed by atoms with Crippen molar-refractivity contribution in [3.8, 4) is 0 Å². The summed E-state index contributed by atoms with van der Waals surface area (Å²) >= 11 is 0. The van der Waals surface area contributed by atoms with Crippen LogP contribution >= 0.6 is 0 Å². The zero-order valence-corrected chi connectivity index (χ0v) is 11.4. The third-order valence-electron chi connectivity index (χ3n) is 4.33. The van der Waals surface area contributed by atoms with Crippen LogP contribution in [-0.4, -0.2) is 16.6 Å². The number of carboxylic acids is 1. The maximum atomic E-state index is 12.9. The first kappa shape index (κ1) is 13.8. The number of aliphatic carboxylic acids is 1. The van der Waals surface area contributed by atoms with Crippen LogP contribution in [-0.2, 0) is 4.79 Å². The van der Waals surface area contributed by atoms with Crippen molar-refractivity contribution in [2.24, 2.45) is 5.41 Å². The summed E-state index contributed by atoms with van der Waals surface area (Å²) in [7, 11) is 0. The Morgan fingerprint density at radius 2 is 1.79 bits per heavy atom. The van der Waals surface area contributed by atoms with Gasteiger partial charge >= 0.3 is 5.97 Å². The minimum absolute atomic E-state index is 0.321. The maximum Gasteiger partial charge on any atom is 0.329 e. The van der Waals surface area contributed by atoms with Gasteiger partial charge in [0, 0.05) is 5.69 Å². The number of anilines is 1. The molecule has 19 heavy (non-hydrogen) atoms. The number of halogens is 1. The molecule has 104 valence electrons. The number of benzene rings is 1. The van der Waals surface area contributed by atoms with Gasteiger partial charge in [0.2, 0.25) is 0 Å². The molecule has 0 heterocycles. The summed E-state index contributed by atoms with van der Waals surface area (Å²) in [4.78, 5) is 11.8. The van der Waals surface area contributed by atoms with E-state index >= 15 is 0 Å².